The van der Waals surface area contributed by atoms with Gasteiger partial charge in [0.1, 0.15) is 31.0 Å². The van der Waals surface area contributed by atoms with Crippen molar-refractivity contribution in [3.8, 4) is 17.2 Å². The van der Waals surface area contributed by atoms with E-state index in [9.17, 15) is 22.0 Å². The third-order valence-electron chi connectivity index (χ3n) is 5.26. The molecule has 5 nitrogen and oxygen atoms in total. The molecule has 0 spiro atoms. The van der Waals surface area contributed by atoms with Crippen molar-refractivity contribution in [1.29, 1.82) is 0 Å². The van der Waals surface area contributed by atoms with Crippen molar-refractivity contribution in [1.82, 2.24) is 0 Å². The molecule has 0 aliphatic carbocycles. The van der Waals surface area contributed by atoms with E-state index in [-0.39, 0.29) is 12.4 Å². The summed E-state index contributed by atoms with van der Waals surface area (Å²) in [5, 5.41) is 2.93. The van der Waals surface area contributed by atoms with Gasteiger partial charge in [-0.05, 0) is 75.4 Å². The molecule has 2 aromatic rings. The normalized spacial score (nSPS) is 12.6. The van der Waals surface area contributed by atoms with Gasteiger partial charge in [0.15, 0.2) is 5.71 Å². The molecule has 0 bridgehead atoms. The molecule has 0 unspecified atom stereocenters. The first-order valence-corrected chi connectivity index (χ1v) is 11.8. The van der Waals surface area contributed by atoms with Gasteiger partial charge in [-0.1, -0.05) is 29.4 Å². The fourth-order valence-corrected chi connectivity index (χ4v) is 3.46. The zero-order chi connectivity index (χ0) is 27.5. The van der Waals surface area contributed by atoms with Crippen molar-refractivity contribution in [2.24, 2.45) is 5.16 Å². The summed E-state index contributed by atoms with van der Waals surface area (Å²) in [6, 6.07) is 8.82. The van der Waals surface area contributed by atoms with E-state index in [0.717, 1.165) is 54.7 Å². The first-order valence-electron chi connectivity index (χ1n) is 11.8. The van der Waals surface area contributed by atoms with Gasteiger partial charge in [-0.3, -0.25) is 0 Å². The summed E-state index contributed by atoms with van der Waals surface area (Å²) < 4.78 is 83.4. The van der Waals surface area contributed by atoms with E-state index in [1.54, 1.807) is 0 Å². The molecular weight excluding hydrogens is 497 g/mol. The van der Waals surface area contributed by atoms with Gasteiger partial charge in [-0.2, -0.15) is 22.0 Å². The molecule has 0 saturated carbocycles. The first-order chi connectivity index (χ1) is 17.5. The molecule has 0 aromatic heterocycles. The van der Waals surface area contributed by atoms with Gasteiger partial charge in [0.05, 0.1) is 13.2 Å². The molecule has 0 radical (unpaired) electrons. The van der Waals surface area contributed by atoms with Crippen LogP contribution in [0.15, 0.2) is 53.7 Å². The lowest BCUT2D eigenvalue weighted by Gasteiger charge is -2.21. The number of allylic oxidation sites excluding steroid dienone is 1. The van der Waals surface area contributed by atoms with Crippen LogP contribution in [0.3, 0.4) is 0 Å². The SMILES string of the molecule is C/C=C/COc1cc(C)c(OCCCCCOc2cccc(/C(=N/OC)C(F)(F)C(F)(F)F)c2)c(C)c1. The lowest BCUT2D eigenvalue weighted by Crippen LogP contribution is -2.44. The van der Waals surface area contributed by atoms with E-state index in [4.69, 9.17) is 14.2 Å². The Balaban J connectivity index is 1.83. The minimum Gasteiger partial charge on any atom is -0.494 e. The second kappa shape index (κ2) is 13.9. The van der Waals surface area contributed by atoms with E-state index in [0.29, 0.717) is 19.6 Å². The van der Waals surface area contributed by atoms with Gasteiger partial charge in [-0.25, -0.2) is 0 Å². The zero-order valence-corrected chi connectivity index (χ0v) is 21.3. The van der Waals surface area contributed by atoms with E-state index in [1.807, 2.05) is 45.1 Å². The maximum Gasteiger partial charge on any atom is 0.459 e. The Kier molecular flexibility index (Phi) is 11.2. The Labute approximate surface area is 213 Å². The highest BCUT2D eigenvalue weighted by molar-refractivity contribution is 6.06. The number of unbranched alkanes of at least 4 members (excludes halogenated alkanes) is 2. The van der Waals surface area contributed by atoms with Crippen molar-refractivity contribution in [2.45, 2.75) is 52.1 Å². The van der Waals surface area contributed by atoms with Crippen molar-refractivity contribution >= 4 is 5.71 Å². The minimum absolute atomic E-state index is 0.151. The molecular formula is C27H32F5NO4. The van der Waals surface area contributed by atoms with Crippen LogP contribution in [0.4, 0.5) is 22.0 Å². The fraction of sp³-hybridized carbons (Fsp3) is 0.444. The number of rotatable bonds is 14. The van der Waals surface area contributed by atoms with Gasteiger partial charge in [-0.15, -0.1) is 0 Å². The summed E-state index contributed by atoms with van der Waals surface area (Å²) in [5.41, 5.74) is -0.0236. The molecule has 2 aromatic carbocycles. The highest BCUT2D eigenvalue weighted by Gasteiger charge is 2.62. The van der Waals surface area contributed by atoms with E-state index in [1.165, 1.54) is 12.1 Å². The quantitative estimate of drug-likeness (QED) is 0.0839. The summed E-state index contributed by atoms with van der Waals surface area (Å²) in [6.45, 7) is 7.11. The summed E-state index contributed by atoms with van der Waals surface area (Å²) in [6.07, 6.45) is 0.195. The highest BCUT2D eigenvalue weighted by Crippen LogP contribution is 2.39. The summed E-state index contributed by atoms with van der Waals surface area (Å²) in [5.74, 6) is -3.43. The molecule has 10 heteroatoms. The molecule has 0 fully saturated rings. The predicted octanol–water partition coefficient (Wildman–Crippen LogP) is 7.43. The third kappa shape index (κ3) is 8.65. The summed E-state index contributed by atoms with van der Waals surface area (Å²) >= 11 is 0. The molecule has 0 heterocycles. The molecule has 2 rings (SSSR count). The van der Waals surface area contributed by atoms with Crippen LogP contribution in [0.25, 0.3) is 0 Å². The average molecular weight is 530 g/mol. The number of benzene rings is 2. The van der Waals surface area contributed by atoms with Gasteiger partial charge in [0.25, 0.3) is 0 Å². The van der Waals surface area contributed by atoms with Crippen molar-refractivity contribution in [3.63, 3.8) is 0 Å². The second-order valence-corrected chi connectivity index (χ2v) is 8.25. The Hall–Kier alpha value is -3.30. The van der Waals surface area contributed by atoms with Gasteiger partial charge in [0.2, 0.25) is 0 Å². The number of aryl methyl sites for hydroxylation is 2. The Morgan fingerprint density at radius 2 is 1.51 bits per heavy atom. The number of oxime groups is 1. The van der Waals surface area contributed by atoms with Crippen LogP contribution in [0.5, 0.6) is 17.2 Å². The molecule has 0 saturated heterocycles. The Bertz CT molecular complexity index is 1040. The molecule has 37 heavy (non-hydrogen) atoms. The maximum absolute atomic E-state index is 13.9. The maximum atomic E-state index is 13.9. The van der Waals surface area contributed by atoms with Crippen LogP contribution in [-0.2, 0) is 4.84 Å². The monoisotopic (exact) mass is 529 g/mol. The van der Waals surface area contributed by atoms with Gasteiger partial charge < -0.3 is 19.0 Å². The Morgan fingerprint density at radius 3 is 2.11 bits per heavy atom. The number of nitrogens with zero attached hydrogens (tertiary/aromatic N) is 1. The van der Waals surface area contributed by atoms with Crippen molar-refractivity contribution < 1.29 is 41.0 Å². The molecule has 0 aliphatic rings. The molecule has 0 atom stereocenters. The standard InChI is InChI=1S/C27H32F5NO4/c1-5-6-13-36-23-16-19(2)24(20(3)17-23)37-15-9-7-8-14-35-22-12-10-11-21(18-22)25(33-34-4)26(28,29)27(30,31)32/h5-6,10-12,16-18H,7-9,13-15H2,1-4H3/b6-5+,33-25-. The number of halogens is 5. The fourth-order valence-electron chi connectivity index (χ4n) is 3.46. The lowest BCUT2D eigenvalue weighted by atomic mass is 10.0. The second-order valence-electron chi connectivity index (χ2n) is 8.25. The molecule has 0 amide bonds. The van der Waals surface area contributed by atoms with Crippen molar-refractivity contribution in [3.05, 3.63) is 65.2 Å². The zero-order valence-electron chi connectivity index (χ0n) is 21.3. The van der Waals surface area contributed by atoms with Crippen LogP contribution in [0, 0.1) is 13.8 Å². The van der Waals surface area contributed by atoms with Crippen LogP contribution in [0.2, 0.25) is 0 Å². The number of hydrogen-bond acceptors (Lipinski definition) is 5. The van der Waals surface area contributed by atoms with Gasteiger partial charge in [0, 0.05) is 5.56 Å². The summed E-state index contributed by atoms with van der Waals surface area (Å²) in [7, 11) is 0.898. The summed E-state index contributed by atoms with van der Waals surface area (Å²) in [4.78, 5) is 4.23. The van der Waals surface area contributed by atoms with Crippen LogP contribution >= 0.6 is 0 Å². The molecule has 0 aliphatic heterocycles. The lowest BCUT2D eigenvalue weighted by molar-refractivity contribution is -0.249. The number of alkyl halides is 5. The smallest absolute Gasteiger partial charge is 0.459 e. The number of ether oxygens (including phenoxy) is 3. The minimum atomic E-state index is -5.82. The average Bonchev–Trinajstić information content (AvgIpc) is 2.83. The molecule has 0 N–H and O–H groups in total. The predicted molar refractivity (Wildman–Crippen MR) is 132 cm³/mol. The largest absolute Gasteiger partial charge is 0.494 e. The molecule has 204 valence electrons. The third-order valence-corrected chi connectivity index (χ3v) is 5.26. The first kappa shape index (κ1) is 29.9. The van der Waals surface area contributed by atoms with Crippen LogP contribution in [0.1, 0.15) is 42.9 Å². The highest BCUT2D eigenvalue weighted by atomic mass is 19.4. The van der Waals surface area contributed by atoms with E-state index < -0.39 is 23.4 Å². The van der Waals surface area contributed by atoms with E-state index >= 15 is 0 Å². The van der Waals surface area contributed by atoms with Crippen LogP contribution < -0.4 is 14.2 Å². The van der Waals surface area contributed by atoms with Crippen LogP contribution in [-0.4, -0.2) is 44.7 Å². The number of hydrogen-bond donors (Lipinski definition) is 0. The topological polar surface area (TPSA) is 49.3 Å². The van der Waals surface area contributed by atoms with Crippen molar-refractivity contribution in [2.75, 3.05) is 26.9 Å². The van der Waals surface area contributed by atoms with Gasteiger partial charge >= 0.3 is 12.1 Å². The van der Waals surface area contributed by atoms with E-state index in [2.05, 4.69) is 9.99 Å². The Morgan fingerprint density at radius 1 is 0.865 bits per heavy atom.